The smallest absolute Gasteiger partial charge is 0.326 e. The molecule has 102 valence electrons. The SMILES string of the molecule is CC1CCN(C(=O)c2ccc(Br)c(O)c2)C1C(=O)O. The van der Waals surface area contributed by atoms with Crippen molar-refractivity contribution in [1.82, 2.24) is 4.90 Å². The van der Waals surface area contributed by atoms with Gasteiger partial charge in [0.15, 0.2) is 0 Å². The van der Waals surface area contributed by atoms with Gasteiger partial charge in [0, 0.05) is 12.1 Å². The second kappa shape index (κ2) is 5.21. The Labute approximate surface area is 119 Å². The van der Waals surface area contributed by atoms with Crippen LogP contribution in [-0.4, -0.2) is 39.6 Å². The number of phenols is 1. The lowest BCUT2D eigenvalue weighted by molar-refractivity contribution is -0.142. The van der Waals surface area contributed by atoms with Crippen molar-refractivity contribution >= 4 is 27.8 Å². The lowest BCUT2D eigenvalue weighted by Gasteiger charge is -2.23. The molecule has 1 aromatic carbocycles. The minimum Gasteiger partial charge on any atom is -0.507 e. The van der Waals surface area contributed by atoms with Gasteiger partial charge in [0.1, 0.15) is 11.8 Å². The number of amides is 1. The van der Waals surface area contributed by atoms with Crippen LogP contribution in [0.2, 0.25) is 0 Å². The Morgan fingerprint density at radius 3 is 2.68 bits per heavy atom. The average molecular weight is 328 g/mol. The van der Waals surface area contributed by atoms with Crippen LogP contribution in [0.4, 0.5) is 0 Å². The molecule has 1 heterocycles. The van der Waals surface area contributed by atoms with Crippen LogP contribution in [0, 0.1) is 5.92 Å². The van der Waals surface area contributed by atoms with E-state index in [-0.39, 0.29) is 17.6 Å². The zero-order valence-electron chi connectivity index (χ0n) is 10.3. The summed E-state index contributed by atoms with van der Waals surface area (Å²) in [6, 6.07) is 3.68. The standard InChI is InChI=1S/C13H14BrNO4/c1-7-4-5-15(11(7)13(18)19)12(17)8-2-3-9(14)10(16)6-8/h2-3,6-7,11,16H,4-5H2,1H3,(H,18,19). The Bertz CT molecular complexity index is 531. The number of carboxylic acids is 1. The van der Waals surface area contributed by atoms with Gasteiger partial charge in [-0.05, 0) is 46.5 Å². The summed E-state index contributed by atoms with van der Waals surface area (Å²) in [6.07, 6.45) is 0.672. The third kappa shape index (κ3) is 2.58. The number of likely N-dealkylation sites (tertiary alicyclic amines) is 1. The van der Waals surface area contributed by atoms with Crippen LogP contribution in [-0.2, 0) is 4.79 Å². The van der Waals surface area contributed by atoms with Crippen molar-refractivity contribution in [2.45, 2.75) is 19.4 Å². The predicted molar refractivity (Wildman–Crippen MR) is 72.0 cm³/mol. The molecule has 1 amide bonds. The topological polar surface area (TPSA) is 77.8 Å². The first-order chi connectivity index (χ1) is 8.91. The van der Waals surface area contributed by atoms with Crippen LogP contribution in [0.15, 0.2) is 22.7 Å². The van der Waals surface area contributed by atoms with Gasteiger partial charge in [0.25, 0.3) is 5.91 Å². The van der Waals surface area contributed by atoms with E-state index in [9.17, 15) is 19.8 Å². The van der Waals surface area contributed by atoms with Crippen LogP contribution >= 0.6 is 15.9 Å². The van der Waals surface area contributed by atoms with Crippen LogP contribution < -0.4 is 0 Å². The van der Waals surface area contributed by atoms with Crippen LogP contribution in [0.1, 0.15) is 23.7 Å². The Morgan fingerprint density at radius 2 is 2.11 bits per heavy atom. The normalized spacial score (nSPS) is 22.5. The van der Waals surface area contributed by atoms with Gasteiger partial charge < -0.3 is 15.1 Å². The zero-order chi connectivity index (χ0) is 14.2. The van der Waals surface area contributed by atoms with Crippen LogP contribution in [0.3, 0.4) is 0 Å². The molecule has 2 N–H and O–H groups in total. The van der Waals surface area contributed by atoms with Gasteiger partial charge in [0.05, 0.1) is 4.47 Å². The molecule has 6 heteroatoms. The number of carbonyl (C=O) groups is 2. The number of hydrogen-bond acceptors (Lipinski definition) is 3. The number of rotatable bonds is 2. The Balaban J connectivity index is 2.28. The number of carboxylic acid groups (broad SMARTS) is 1. The summed E-state index contributed by atoms with van der Waals surface area (Å²) in [5, 5.41) is 18.8. The highest BCUT2D eigenvalue weighted by molar-refractivity contribution is 9.10. The molecule has 1 aromatic rings. The molecule has 0 radical (unpaired) electrons. The monoisotopic (exact) mass is 327 g/mol. The largest absolute Gasteiger partial charge is 0.507 e. The van der Waals surface area contributed by atoms with E-state index in [1.165, 1.54) is 11.0 Å². The fourth-order valence-corrected chi connectivity index (χ4v) is 2.61. The Kier molecular flexibility index (Phi) is 3.80. The van der Waals surface area contributed by atoms with E-state index in [1.807, 2.05) is 6.92 Å². The molecule has 0 aliphatic carbocycles. The van der Waals surface area contributed by atoms with Gasteiger partial charge in [-0.15, -0.1) is 0 Å². The van der Waals surface area contributed by atoms with Crippen molar-refractivity contribution in [1.29, 1.82) is 0 Å². The van der Waals surface area contributed by atoms with E-state index in [4.69, 9.17) is 0 Å². The van der Waals surface area contributed by atoms with Crippen molar-refractivity contribution in [3.05, 3.63) is 28.2 Å². The maximum Gasteiger partial charge on any atom is 0.326 e. The van der Waals surface area contributed by atoms with Gasteiger partial charge >= 0.3 is 5.97 Å². The summed E-state index contributed by atoms with van der Waals surface area (Å²) in [4.78, 5) is 24.9. The lowest BCUT2D eigenvalue weighted by Crippen LogP contribution is -2.42. The molecule has 1 fully saturated rings. The molecule has 0 aromatic heterocycles. The van der Waals surface area contributed by atoms with Gasteiger partial charge in [0.2, 0.25) is 0 Å². The average Bonchev–Trinajstić information content (AvgIpc) is 2.74. The van der Waals surface area contributed by atoms with E-state index >= 15 is 0 Å². The number of aliphatic carboxylic acids is 1. The third-order valence-corrected chi connectivity index (χ3v) is 4.08. The van der Waals surface area contributed by atoms with Crippen LogP contribution in [0.25, 0.3) is 0 Å². The molecule has 1 aliphatic heterocycles. The van der Waals surface area contributed by atoms with Gasteiger partial charge in [-0.25, -0.2) is 4.79 Å². The molecule has 2 unspecified atom stereocenters. The first kappa shape index (κ1) is 13.9. The molecular formula is C13H14BrNO4. The maximum absolute atomic E-state index is 12.3. The van der Waals surface area contributed by atoms with E-state index in [2.05, 4.69) is 15.9 Å². The first-order valence-electron chi connectivity index (χ1n) is 5.94. The van der Waals surface area contributed by atoms with E-state index in [0.717, 1.165) is 0 Å². The second-order valence-electron chi connectivity index (χ2n) is 4.71. The van der Waals surface area contributed by atoms with E-state index in [0.29, 0.717) is 23.0 Å². The fraction of sp³-hybridized carbons (Fsp3) is 0.385. The summed E-state index contributed by atoms with van der Waals surface area (Å²) in [5.41, 5.74) is 0.293. The predicted octanol–water partition coefficient (Wildman–Crippen LogP) is 2.09. The van der Waals surface area contributed by atoms with E-state index < -0.39 is 12.0 Å². The zero-order valence-corrected chi connectivity index (χ0v) is 11.9. The fourth-order valence-electron chi connectivity index (χ4n) is 2.36. The number of phenolic OH excluding ortho intramolecular Hbond substituents is 1. The number of halogens is 1. The highest BCUT2D eigenvalue weighted by Crippen LogP contribution is 2.29. The minimum absolute atomic E-state index is 0.0371. The molecular weight excluding hydrogens is 314 g/mol. The minimum atomic E-state index is -0.986. The summed E-state index contributed by atoms with van der Waals surface area (Å²) < 4.78 is 0.494. The number of hydrogen-bond donors (Lipinski definition) is 2. The Morgan fingerprint density at radius 1 is 1.42 bits per heavy atom. The molecule has 1 aliphatic rings. The molecule has 2 atom stereocenters. The summed E-state index contributed by atoms with van der Waals surface area (Å²) in [6.45, 7) is 2.25. The summed E-state index contributed by atoms with van der Waals surface area (Å²) >= 11 is 3.14. The van der Waals surface area contributed by atoms with E-state index in [1.54, 1.807) is 12.1 Å². The molecule has 0 spiro atoms. The number of nitrogens with zero attached hydrogens (tertiary/aromatic N) is 1. The third-order valence-electron chi connectivity index (χ3n) is 3.41. The van der Waals surface area contributed by atoms with Crippen molar-refractivity contribution in [3.8, 4) is 5.75 Å². The highest BCUT2D eigenvalue weighted by Gasteiger charge is 2.39. The number of aromatic hydroxyl groups is 1. The van der Waals surface area contributed by atoms with Gasteiger partial charge in [-0.2, -0.15) is 0 Å². The summed E-state index contributed by atoms with van der Waals surface area (Å²) in [7, 11) is 0. The van der Waals surface area contributed by atoms with Crippen molar-refractivity contribution in [3.63, 3.8) is 0 Å². The highest BCUT2D eigenvalue weighted by atomic mass is 79.9. The van der Waals surface area contributed by atoms with Crippen molar-refractivity contribution in [2.75, 3.05) is 6.54 Å². The number of carbonyl (C=O) groups excluding carboxylic acids is 1. The second-order valence-corrected chi connectivity index (χ2v) is 5.57. The quantitative estimate of drug-likeness (QED) is 0.871. The molecule has 5 nitrogen and oxygen atoms in total. The maximum atomic E-state index is 12.3. The lowest BCUT2D eigenvalue weighted by atomic mass is 10.0. The summed E-state index contributed by atoms with van der Waals surface area (Å²) in [5.74, 6) is -1.45. The van der Waals surface area contributed by atoms with Gasteiger partial charge in [-0.3, -0.25) is 4.79 Å². The molecule has 0 bridgehead atoms. The van der Waals surface area contributed by atoms with Crippen molar-refractivity contribution < 1.29 is 19.8 Å². The molecule has 2 rings (SSSR count). The molecule has 0 saturated carbocycles. The molecule has 1 saturated heterocycles. The van der Waals surface area contributed by atoms with Crippen molar-refractivity contribution in [2.24, 2.45) is 5.92 Å². The number of benzene rings is 1. The van der Waals surface area contributed by atoms with Crippen LogP contribution in [0.5, 0.6) is 5.75 Å². The Hall–Kier alpha value is -1.56. The van der Waals surface area contributed by atoms with Gasteiger partial charge in [-0.1, -0.05) is 6.92 Å². The molecule has 19 heavy (non-hydrogen) atoms. The first-order valence-corrected chi connectivity index (χ1v) is 6.73.